The number of amides is 5. The molecule has 0 bridgehead atoms. The summed E-state index contributed by atoms with van der Waals surface area (Å²) in [6.45, 7) is 15.2. The van der Waals surface area contributed by atoms with E-state index in [2.05, 4.69) is 26.6 Å². The van der Waals surface area contributed by atoms with Crippen molar-refractivity contribution in [2.75, 3.05) is 224 Å². The Bertz CT molecular complexity index is 1730. The van der Waals surface area contributed by atoms with Gasteiger partial charge in [0.25, 0.3) is 0 Å². The maximum atomic E-state index is 12.1. The summed E-state index contributed by atoms with van der Waals surface area (Å²) in [5.74, 6) is 0.906. The van der Waals surface area contributed by atoms with Gasteiger partial charge in [-0.05, 0) is 49.5 Å². The topological polar surface area (TPSA) is 287 Å². The predicted octanol–water partition coefficient (Wildman–Crippen LogP) is 1.90. The van der Waals surface area contributed by atoms with Crippen LogP contribution in [0.5, 0.6) is 5.75 Å². The molecule has 2 aliphatic rings. The second-order valence-corrected chi connectivity index (χ2v) is 19.7. The molecule has 2 saturated heterocycles. The summed E-state index contributed by atoms with van der Waals surface area (Å²) < 4.78 is 82.7. The SMILES string of the molecule is O=C(C=Cc1ccc(O)cc1)NCCCOCCOCCOCCCNC(=O)CCOCCOCCOCCOCCOCCOCCOCCOCCOCCOCCOCCOCCNC(=O)CCCCC1SCC2NC(=O)NC21. The molecule has 26 heteroatoms. The van der Waals surface area contributed by atoms with E-state index in [0.29, 0.717) is 242 Å². The normalized spacial score (nSPS) is 15.7. The number of benzene rings is 1. The fraction of sp³-hybridized carbons (Fsp3) is 0.786. The smallest absolute Gasteiger partial charge is 0.315 e. The van der Waals surface area contributed by atoms with E-state index >= 15 is 0 Å². The lowest BCUT2D eigenvalue weighted by Gasteiger charge is -2.16. The molecule has 0 radical (unpaired) electrons. The first kappa shape index (κ1) is 72.4. The number of thioether (sulfide) groups is 1. The quantitative estimate of drug-likeness (QED) is 0.0309. The third-order valence-corrected chi connectivity index (χ3v) is 13.3. The number of carbonyl (C=O) groups is 4. The Hall–Kier alpha value is -3.81. The minimum atomic E-state index is -0.187. The maximum Gasteiger partial charge on any atom is 0.315 e. The molecule has 2 heterocycles. The Morgan fingerprint density at radius 1 is 0.451 bits per heavy atom. The predicted molar refractivity (Wildman–Crippen MR) is 306 cm³/mol. The van der Waals surface area contributed by atoms with E-state index in [1.807, 2.05) is 11.8 Å². The van der Waals surface area contributed by atoms with Crippen molar-refractivity contribution in [2.45, 2.75) is 62.3 Å². The van der Waals surface area contributed by atoms with E-state index in [0.717, 1.165) is 30.6 Å². The maximum absolute atomic E-state index is 12.1. The standard InChI is InChI=1S/C56H97N5O20S/c62-49-10-7-48(8-11-49)9-12-53(64)57-14-3-17-67-21-25-71-26-22-68-18-4-15-58-54(65)13-19-69-23-27-72-29-31-74-33-35-76-37-39-78-41-43-80-45-46-81-44-42-79-40-38-77-36-34-75-32-30-73-28-24-70-20-16-59-52(63)6-2-1-5-51-55-50(47-82-51)60-56(66)61-55/h7-12,50-51,55,62H,1-6,13-47H2,(H,57,64)(H,58,65)(H,59,63)(H2,60,61,66). The van der Waals surface area contributed by atoms with Gasteiger partial charge in [-0.25, -0.2) is 4.79 Å². The van der Waals surface area contributed by atoms with E-state index < -0.39 is 0 Å². The van der Waals surface area contributed by atoms with Crippen LogP contribution in [0.3, 0.4) is 0 Å². The molecule has 2 fully saturated rings. The van der Waals surface area contributed by atoms with Gasteiger partial charge in [0.1, 0.15) is 5.75 Å². The Kier molecular flexibility index (Phi) is 47.6. The van der Waals surface area contributed by atoms with Gasteiger partial charge in [0.15, 0.2) is 0 Å². The number of phenolic OH excluding ortho intramolecular Hbond substituents is 1. The monoisotopic (exact) mass is 1190 g/mol. The number of ether oxygens (including phenoxy) is 15. The van der Waals surface area contributed by atoms with Crippen molar-refractivity contribution in [1.82, 2.24) is 26.6 Å². The van der Waals surface area contributed by atoms with Crippen LogP contribution < -0.4 is 26.6 Å². The van der Waals surface area contributed by atoms with Crippen LogP contribution >= 0.6 is 11.8 Å². The average molecular weight is 1190 g/mol. The first-order chi connectivity index (χ1) is 40.4. The second-order valence-electron chi connectivity index (χ2n) is 18.4. The Labute approximate surface area is 489 Å². The highest BCUT2D eigenvalue weighted by Crippen LogP contribution is 2.33. The number of unbranched alkanes of at least 4 members (excludes halogenated alkanes) is 1. The summed E-state index contributed by atoms with van der Waals surface area (Å²) in [4.78, 5) is 47.5. The zero-order chi connectivity index (χ0) is 58.3. The van der Waals surface area contributed by atoms with E-state index in [9.17, 15) is 24.3 Å². The van der Waals surface area contributed by atoms with Crippen molar-refractivity contribution in [3.05, 3.63) is 35.9 Å². The van der Waals surface area contributed by atoms with Crippen LogP contribution in [-0.4, -0.2) is 270 Å². The molecule has 0 aliphatic carbocycles. The number of nitrogens with one attached hydrogen (secondary N) is 5. The van der Waals surface area contributed by atoms with Crippen LogP contribution in [-0.2, 0) is 85.4 Å². The summed E-state index contributed by atoms with van der Waals surface area (Å²) >= 11 is 1.90. The molecule has 2 aliphatic heterocycles. The number of hydrogen-bond acceptors (Lipinski definition) is 21. The lowest BCUT2D eigenvalue weighted by Crippen LogP contribution is -2.36. The van der Waals surface area contributed by atoms with Crippen LogP contribution in [0.2, 0.25) is 0 Å². The number of aromatic hydroxyl groups is 1. The van der Waals surface area contributed by atoms with Gasteiger partial charge < -0.3 is 103 Å². The van der Waals surface area contributed by atoms with Gasteiger partial charge in [-0.3, -0.25) is 14.4 Å². The summed E-state index contributed by atoms with van der Waals surface area (Å²) in [5.41, 5.74) is 0.828. The number of urea groups is 1. The highest BCUT2D eigenvalue weighted by Gasteiger charge is 2.42. The van der Waals surface area contributed by atoms with E-state index in [1.54, 1.807) is 30.3 Å². The van der Waals surface area contributed by atoms with Crippen LogP contribution in [0.25, 0.3) is 6.08 Å². The zero-order valence-electron chi connectivity index (χ0n) is 48.3. The molecule has 1 aromatic rings. The minimum absolute atomic E-state index is 0.0353. The van der Waals surface area contributed by atoms with Crippen molar-refractivity contribution in [3.63, 3.8) is 0 Å². The molecule has 0 spiro atoms. The first-order valence-electron chi connectivity index (χ1n) is 29.0. The number of rotatable bonds is 60. The molecule has 25 nitrogen and oxygen atoms in total. The molecule has 1 aromatic carbocycles. The van der Waals surface area contributed by atoms with Gasteiger partial charge >= 0.3 is 6.03 Å². The highest BCUT2D eigenvalue weighted by molar-refractivity contribution is 8.00. The van der Waals surface area contributed by atoms with Gasteiger partial charge in [0, 0.05) is 62.8 Å². The van der Waals surface area contributed by atoms with Crippen LogP contribution in [0.1, 0.15) is 50.5 Å². The molecule has 0 saturated carbocycles. The van der Waals surface area contributed by atoms with Crippen molar-refractivity contribution >= 4 is 41.6 Å². The van der Waals surface area contributed by atoms with Gasteiger partial charge in [-0.15, -0.1) is 0 Å². The van der Waals surface area contributed by atoms with Gasteiger partial charge in [-0.2, -0.15) is 11.8 Å². The molecule has 3 atom stereocenters. The number of carbonyl (C=O) groups excluding carboxylic acids is 4. The third kappa shape index (κ3) is 43.8. The molecular weight excluding hydrogens is 1090 g/mol. The largest absolute Gasteiger partial charge is 0.508 e. The summed E-state index contributed by atoms with van der Waals surface area (Å²) in [5, 5.41) is 24.2. The molecule has 0 aromatic heterocycles. The zero-order valence-corrected chi connectivity index (χ0v) is 49.1. The Morgan fingerprint density at radius 2 is 0.829 bits per heavy atom. The third-order valence-electron chi connectivity index (χ3n) is 11.8. The molecule has 5 amide bonds. The molecule has 6 N–H and O–H groups in total. The van der Waals surface area contributed by atoms with Gasteiger partial charge in [0.05, 0.1) is 197 Å². The fourth-order valence-corrected chi connectivity index (χ4v) is 9.09. The first-order valence-corrected chi connectivity index (χ1v) is 30.1. The lowest BCUT2D eigenvalue weighted by atomic mass is 10.0. The molecule has 472 valence electrons. The molecule has 3 rings (SSSR count). The average Bonchev–Trinajstić information content (AvgIpc) is 4.05. The fourth-order valence-electron chi connectivity index (χ4n) is 7.55. The molecule has 3 unspecified atom stereocenters. The highest BCUT2D eigenvalue weighted by atomic mass is 32.2. The van der Waals surface area contributed by atoms with Crippen molar-refractivity contribution in [2.24, 2.45) is 0 Å². The van der Waals surface area contributed by atoms with Crippen LogP contribution in [0.4, 0.5) is 4.79 Å². The summed E-state index contributed by atoms with van der Waals surface area (Å²) in [7, 11) is 0. The second kappa shape index (κ2) is 53.9. The van der Waals surface area contributed by atoms with E-state index in [-0.39, 0.29) is 48.0 Å². The van der Waals surface area contributed by atoms with Crippen molar-refractivity contribution in [1.29, 1.82) is 0 Å². The Balaban J connectivity index is 0.867. The number of phenols is 1. The van der Waals surface area contributed by atoms with Crippen LogP contribution in [0.15, 0.2) is 30.3 Å². The lowest BCUT2D eigenvalue weighted by molar-refractivity contribution is -0.122. The minimum Gasteiger partial charge on any atom is -0.508 e. The van der Waals surface area contributed by atoms with Crippen LogP contribution in [0, 0.1) is 0 Å². The number of fused-ring (bicyclic) bond motifs is 1. The van der Waals surface area contributed by atoms with Crippen molar-refractivity contribution < 1.29 is 95.3 Å². The summed E-state index contributed by atoms with van der Waals surface area (Å²) in [6, 6.07) is 6.97. The Morgan fingerprint density at radius 3 is 1.28 bits per heavy atom. The molecular formula is C56H97N5O20S. The molecule has 82 heavy (non-hydrogen) atoms. The summed E-state index contributed by atoms with van der Waals surface area (Å²) in [6.07, 6.45) is 8.10. The van der Waals surface area contributed by atoms with E-state index in [4.69, 9.17) is 71.1 Å². The van der Waals surface area contributed by atoms with Crippen molar-refractivity contribution in [3.8, 4) is 5.75 Å². The number of hydrogen-bond donors (Lipinski definition) is 6. The van der Waals surface area contributed by atoms with Gasteiger partial charge in [0.2, 0.25) is 17.7 Å². The van der Waals surface area contributed by atoms with Gasteiger partial charge in [-0.1, -0.05) is 18.6 Å². The van der Waals surface area contributed by atoms with E-state index in [1.165, 1.54) is 6.08 Å².